The second-order valence-corrected chi connectivity index (χ2v) is 11.5. The van der Waals surface area contributed by atoms with Crippen molar-refractivity contribution in [2.24, 2.45) is 5.73 Å². The highest BCUT2D eigenvalue weighted by Crippen LogP contribution is 2.49. The van der Waals surface area contributed by atoms with Gasteiger partial charge in [0.25, 0.3) is 0 Å². The van der Waals surface area contributed by atoms with Gasteiger partial charge in [0.1, 0.15) is 22.2 Å². The van der Waals surface area contributed by atoms with Crippen LogP contribution in [0, 0.1) is 0 Å². The van der Waals surface area contributed by atoms with E-state index in [0.717, 1.165) is 92.4 Å². The van der Waals surface area contributed by atoms with Crippen LogP contribution >= 0.6 is 22.9 Å². The van der Waals surface area contributed by atoms with Gasteiger partial charge in [-0.25, -0.2) is 4.98 Å². The van der Waals surface area contributed by atoms with Crippen LogP contribution in [0.2, 0.25) is 0 Å². The molecular formula is C25H31N5O3S2. The van der Waals surface area contributed by atoms with E-state index in [9.17, 15) is 4.79 Å². The summed E-state index contributed by atoms with van der Waals surface area (Å²) in [7, 11) is 0. The molecular weight excluding hydrogens is 482 g/mol. The number of nitrogens with two attached hydrogens (primary N) is 1. The van der Waals surface area contributed by atoms with Crippen LogP contribution in [0.1, 0.15) is 54.9 Å². The van der Waals surface area contributed by atoms with Crippen LogP contribution in [0.5, 0.6) is 5.75 Å². The highest BCUT2D eigenvalue weighted by atomic mass is 32.1. The number of rotatable bonds is 7. The summed E-state index contributed by atoms with van der Waals surface area (Å²) in [5.41, 5.74) is 6.82. The lowest BCUT2D eigenvalue weighted by atomic mass is 9.91. The number of aromatic nitrogens is 2. The van der Waals surface area contributed by atoms with Gasteiger partial charge in [-0.1, -0.05) is 0 Å². The molecule has 0 aromatic carbocycles. The summed E-state index contributed by atoms with van der Waals surface area (Å²) < 4.78 is 16.7. The summed E-state index contributed by atoms with van der Waals surface area (Å²) >= 11 is 3.13. The summed E-state index contributed by atoms with van der Waals surface area (Å²) in [6.45, 7) is 3.76. The fourth-order valence-corrected chi connectivity index (χ4v) is 7.62. The van der Waals surface area contributed by atoms with Crippen molar-refractivity contribution in [2.45, 2.75) is 63.0 Å². The molecule has 186 valence electrons. The summed E-state index contributed by atoms with van der Waals surface area (Å²) in [4.78, 5) is 21.5. The number of aryl methyl sites for hydroxylation is 1. The number of nitrogens with zero attached hydrogens (tertiary/aromatic N) is 3. The van der Waals surface area contributed by atoms with E-state index >= 15 is 0 Å². The molecule has 6 rings (SSSR count). The molecule has 4 heterocycles. The summed E-state index contributed by atoms with van der Waals surface area (Å²) in [6, 6.07) is 4.59. The summed E-state index contributed by atoms with van der Waals surface area (Å²) in [5, 5.41) is 6.35. The van der Waals surface area contributed by atoms with E-state index in [4.69, 9.17) is 20.2 Å². The fourth-order valence-electron chi connectivity index (χ4n) is 5.86. The van der Waals surface area contributed by atoms with Crippen LogP contribution in [-0.4, -0.2) is 58.6 Å². The highest BCUT2D eigenvalue weighted by molar-refractivity contribution is 7.19. The number of pyridine rings is 1. The number of amides is 1. The maximum atomic E-state index is 11.8. The lowest BCUT2D eigenvalue weighted by Crippen LogP contribution is -2.46. The number of hydrogen-bond donors (Lipinski definition) is 2. The van der Waals surface area contributed by atoms with Crippen molar-refractivity contribution in [1.29, 1.82) is 0 Å². The Morgan fingerprint density at radius 1 is 1.20 bits per heavy atom. The van der Waals surface area contributed by atoms with Crippen molar-refractivity contribution in [2.75, 3.05) is 31.6 Å². The van der Waals surface area contributed by atoms with Gasteiger partial charge in [-0.05, 0) is 67.6 Å². The Morgan fingerprint density at radius 2 is 2.03 bits per heavy atom. The van der Waals surface area contributed by atoms with Crippen molar-refractivity contribution in [3.05, 3.63) is 28.0 Å². The third kappa shape index (κ3) is 4.89. The van der Waals surface area contributed by atoms with Crippen LogP contribution in [0.25, 0.3) is 10.2 Å². The van der Waals surface area contributed by atoms with Crippen molar-refractivity contribution < 1.29 is 14.3 Å². The molecule has 0 spiro atoms. The minimum atomic E-state index is -0.249. The van der Waals surface area contributed by atoms with Crippen molar-refractivity contribution >= 4 is 50.6 Å². The van der Waals surface area contributed by atoms with E-state index in [-0.39, 0.29) is 17.9 Å². The van der Waals surface area contributed by atoms with E-state index in [2.05, 4.69) is 14.6 Å². The SMILES string of the molecule is NC(=O)C[C@H]1CCc2sc3nc(Nc4ccsn4)cc(OC4CCC(N5CCOCC5)CC4)c3c21. The number of fused-ring (bicyclic) bond motifs is 3. The third-order valence-corrected chi connectivity index (χ3v) is 9.23. The number of carbonyl (C=O) groups excluding carboxylic acids is 1. The Bertz CT molecular complexity index is 1180. The summed E-state index contributed by atoms with van der Waals surface area (Å²) in [6.07, 6.45) is 6.86. The molecule has 3 aliphatic rings. The number of ether oxygens (including phenoxy) is 2. The van der Waals surface area contributed by atoms with Crippen LogP contribution in [0.15, 0.2) is 17.5 Å². The van der Waals surface area contributed by atoms with Crippen LogP contribution in [-0.2, 0) is 16.0 Å². The largest absolute Gasteiger partial charge is 0.490 e. The number of primary amides is 1. The molecule has 0 unspecified atom stereocenters. The fraction of sp³-hybridized carbons (Fsp3) is 0.560. The first-order valence-electron chi connectivity index (χ1n) is 12.5. The quantitative estimate of drug-likeness (QED) is 0.482. The molecule has 3 aromatic rings. The second-order valence-electron chi connectivity index (χ2n) is 9.74. The van der Waals surface area contributed by atoms with Gasteiger partial charge in [0, 0.05) is 41.9 Å². The number of carbonyl (C=O) groups is 1. The van der Waals surface area contributed by atoms with Gasteiger partial charge in [0.05, 0.1) is 24.7 Å². The van der Waals surface area contributed by atoms with Gasteiger partial charge in [0.2, 0.25) is 5.91 Å². The van der Waals surface area contributed by atoms with Crippen molar-refractivity contribution in [3.8, 4) is 5.75 Å². The van der Waals surface area contributed by atoms with E-state index in [1.807, 2.05) is 17.5 Å². The molecule has 0 radical (unpaired) electrons. The maximum absolute atomic E-state index is 11.8. The van der Waals surface area contributed by atoms with E-state index in [0.29, 0.717) is 12.5 Å². The van der Waals surface area contributed by atoms with Crippen molar-refractivity contribution in [1.82, 2.24) is 14.3 Å². The first kappa shape index (κ1) is 23.1. The Balaban J connectivity index is 1.28. The number of thiophene rings is 1. The molecule has 1 saturated heterocycles. The van der Waals surface area contributed by atoms with Gasteiger partial charge in [-0.15, -0.1) is 11.3 Å². The second kappa shape index (κ2) is 10.0. The van der Waals surface area contributed by atoms with Gasteiger partial charge in [-0.3, -0.25) is 9.69 Å². The molecule has 1 amide bonds. The van der Waals surface area contributed by atoms with Crippen LogP contribution in [0.3, 0.4) is 0 Å². The van der Waals surface area contributed by atoms with Crippen LogP contribution < -0.4 is 15.8 Å². The van der Waals surface area contributed by atoms with Crippen LogP contribution in [0.4, 0.5) is 11.6 Å². The standard InChI is InChI=1S/C25H31N5O3S2/c26-20(31)13-15-1-6-19-23(15)24-18(14-22(28-25(24)35-19)27-21-7-12-34-29-21)33-17-4-2-16(3-5-17)30-8-10-32-11-9-30/h7,12,14-17H,1-6,8-11,13H2,(H2,26,31)(H,27,28,29)/t15-,16?,17?/m1/s1. The Morgan fingerprint density at radius 3 is 2.77 bits per heavy atom. The molecule has 1 saturated carbocycles. The van der Waals surface area contributed by atoms with Gasteiger partial charge < -0.3 is 20.5 Å². The monoisotopic (exact) mass is 513 g/mol. The van der Waals surface area contributed by atoms with Gasteiger partial charge in [-0.2, -0.15) is 4.37 Å². The van der Waals surface area contributed by atoms with E-state index in [1.54, 1.807) is 11.3 Å². The number of hydrogen-bond acceptors (Lipinski definition) is 9. The Labute approximate surface area is 213 Å². The zero-order chi connectivity index (χ0) is 23.8. The molecule has 0 bridgehead atoms. The zero-order valence-electron chi connectivity index (χ0n) is 19.7. The molecule has 1 atom stereocenters. The molecule has 2 aliphatic carbocycles. The lowest BCUT2D eigenvalue weighted by Gasteiger charge is -2.38. The summed E-state index contributed by atoms with van der Waals surface area (Å²) in [5.74, 6) is 2.30. The third-order valence-electron chi connectivity index (χ3n) is 7.51. The topological polar surface area (TPSA) is 103 Å². The highest BCUT2D eigenvalue weighted by Gasteiger charge is 2.33. The average molecular weight is 514 g/mol. The molecule has 3 aromatic heterocycles. The normalized spacial score (nSPS) is 25.0. The minimum absolute atomic E-state index is 0.148. The molecule has 10 heteroatoms. The molecule has 3 N–H and O–H groups in total. The molecule has 2 fully saturated rings. The first-order valence-corrected chi connectivity index (χ1v) is 14.2. The molecule has 1 aliphatic heterocycles. The minimum Gasteiger partial charge on any atom is -0.490 e. The lowest BCUT2D eigenvalue weighted by molar-refractivity contribution is -0.118. The first-order chi connectivity index (χ1) is 17.1. The smallest absolute Gasteiger partial charge is 0.218 e. The number of morpholine rings is 1. The predicted molar refractivity (Wildman–Crippen MR) is 139 cm³/mol. The Hall–Kier alpha value is -2.27. The van der Waals surface area contributed by atoms with E-state index in [1.165, 1.54) is 22.0 Å². The van der Waals surface area contributed by atoms with Gasteiger partial charge >= 0.3 is 0 Å². The zero-order valence-corrected chi connectivity index (χ0v) is 21.3. The number of nitrogens with one attached hydrogen (secondary N) is 1. The molecule has 35 heavy (non-hydrogen) atoms. The number of anilines is 2. The average Bonchev–Trinajstić information content (AvgIpc) is 3.58. The van der Waals surface area contributed by atoms with E-state index < -0.39 is 0 Å². The molecule has 8 nitrogen and oxygen atoms in total. The Kier molecular flexibility index (Phi) is 6.62. The van der Waals surface area contributed by atoms with Gasteiger partial charge in [0.15, 0.2) is 0 Å². The predicted octanol–water partition coefficient (Wildman–Crippen LogP) is 4.42. The maximum Gasteiger partial charge on any atom is 0.218 e. The van der Waals surface area contributed by atoms with Crippen molar-refractivity contribution in [3.63, 3.8) is 0 Å².